The molecule has 0 unspecified atom stereocenters. The number of nitrogens with one attached hydrogen (secondary N) is 1. The van der Waals surface area contributed by atoms with Crippen LogP contribution >= 0.6 is 0 Å². The number of aryl methyl sites for hydroxylation is 1. The first-order chi connectivity index (χ1) is 15.1. The van der Waals surface area contributed by atoms with E-state index in [1.807, 2.05) is 25.4 Å². The number of carbonyl (C=O) groups excluding carboxylic acids is 1. The molecule has 4 rings (SSSR count). The van der Waals surface area contributed by atoms with Crippen molar-refractivity contribution >= 4 is 5.91 Å². The van der Waals surface area contributed by atoms with Crippen LogP contribution in [0.15, 0.2) is 67.0 Å². The molecule has 1 fully saturated rings. The second-order valence-electron chi connectivity index (χ2n) is 8.47. The predicted octanol–water partition coefficient (Wildman–Crippen LogP) is 4.14. The van der Waals surface area contributed by atoms with E-state index in [4.69, 9.17) is 0 Å². The van der Waals surface area contributed by atoms with Gasteiger partial charge in [-0.05, 0) is 49.9 Å². The Bertz CT molecular complexity index is 996. The van der Waals surface area contributed by atoms with Crippen molar-refractivity contribution in [3.05, 3.63) is 78.4 Å². The van der Waals surface area contributed by atoms with Crippen LogP contribution in [0.1, 0.15) is 31.7 Å². The lowest BCUT2D eigenvalue weighted by molar-refractivity contribution is -0.130. The maximum Gasteiger partial charge on any atom is 0.227 e. The highest BCUT2D eigenvalue weighted by atomic mass is 16.2. The van der Waals surface area contributed by atoms with Crippen LogP contribution in [0.2, 0.25) is 0 Å². The summed E-state index contributed by atoms with van der Waals surface area (Å²) in [4.78, 5) is 20.1. The van der Waals surface area contributed by atoms with Crippen molar-refractivity contribution in [3.8, 4) is 11.1 Å². The maximum atomic E-state index is 13.2. The van der Waals surface area contributed by atoms with Gasteiger partial charge in [0.1, 0.15) is 5.82 Å². The molecule has 3 aromatic rings. The summed E-state index contributed by atoms with van der Waals surface area (Å²) in [6.45, 7) is 8.16. The lowest BCUT2D eigenvalue weighted by atomic mass is 9.79. The van der Waals surface area contributed by atoms with E-state index in [1.54, 1.807) is 0 Å². The Morgan fingerprint density at radius 2 is 1.81 bits per heavy atom. The van der Waals surface area contributed by atoms with Crippen LogP contribution in [0.4, 0.5) is 0 Å². The quantitative estimate of drug-likeness (QED) is 0.600. The van der Waals surface area contributed by atoms with Crippen LogP contribution in [-0.4, -0.2) is 40.0 Å². The SMILES string of the molecule is CCNC(=O)[C@@]1(Cc2ccc(-c3ccccc3)cc2)CCN(Cc2nccn2CC)C1. The molecule has 5 heteroatoms. The molecule has 0 bridgehead atoms. The fourth-order valence-corrected chi connectivity index (χ4v) is 4.67. The standard InChI is InChI=1S/C26H32N4O/c1-3-27-25(31)26(14-16-29(20-26)19-24-28-15-17-30(24)4-2)18-21-10-12-23(13-11-21)22-8-6-5-7-9-22/h5-13,15,17H,3-4,14,16,18-20H2,1-2H3,(H,27,31)/t26-/m1/s1. The van der Waals surface area contributed by atoms with E-state index in [0.717, 1.165) is 44.8 Å². The lowest BCUT2D eigenvalue weighted by Gasteiger charge is -2.28. The number of amides is 1. The van der Waals surface area contributed by atoms with E-state index < -0.39 is 5.41 Å². The van der Waals surface area contributed by atoms with Crippen LogP contribution in [-0.2, 0) is 24.3 Å². The van der Waals surface area contributed by atoms with Gasteiger partial charge < -0.3 is 9.88 Å². The van der Waals surface area contributed by atoms with Gasteiger partial charge in [-0.25, -0.2) is 4.98 Å². The summed E-state index contributed by atoms with van der Waals surface area (Å²) in [5.41, 5.74) is 3.23. The summed E-state index contributed by atoms with van der Waals surface area (Å²) in [5.74, 6) is 1.24. The van der Waals surface area contributed by atoms with Gasteiger partial charge in [-0.15, -0.1) is 0 Å². The molecule has 1 N–H and O–H groups in total. The third kappa shape index (κ3) is 4.72. The zero-order chi connectivity index (χ0) is 21.7. The van der Waals surface area contributed by atoms with Gasteiger partial charge in [0, 0.05) is 32.0 Å². The number of carbonyl (C=O) groups is 1. The average Bonchev–Trinajstić information content (AvgIpc) is 3.43. The first kappa shape index (κ1) is 21.3. The highest BCUT2D eigenvalue weighted by Gasteiger charge is 2.44. The maximum absolute atomic E-state index is 13.2. The minimum atomic E-state index is -0.395. The summed E-state index contributed by atoms with van der Waals surface area (Å²) in [7, 11) is 0. The Morgan fingerprint density at radius 3 is 2.52 bits per heavy atom. The number of likely N-dealkylation sites (tertiary alicyclic amines) is 1. The monoisotopic (exact) mass is 416 g/mol. The molecule has 0 spiro atoms. The molecule has 5 nitrogen and oxygen atoms in total. The molecule has 0 aliphatic carbocycles. The van der Waals surface area contributed by atoms with Crippen LogP contribution in [0, 0.1) is 5.41 Å². The number of rotatable bonds is 8. The van der Waals surface area contributed by atoms with Crippen molar-refractivity contribution in [2.24, 2.45) is 5.41 Å². The van der Waals surface area contributed by atoms with Crippen LogP contribution in [0.5, 0.6) is 0 Å². The van der Waals surface area contributed by atoms with E-state index in [1.165, 1.54) is 16.7 Å². The van der Waals surface area contributed by atoms with Crippen molar-refractivity contribution < 1.29 is 4.79 Å². The van der Waals surface area contributed by atoms with Gasteiger partial charge in [0.25, 0.3) is 0 Å². The topological polar surface area (TPSA) is 50.2 Å². The van der Waals surface area contributed by atoms with Crippen LogP contribution in [0.25, 0.3) is 11.1 Å². The smallest absolute Gasteiger partial charge is 0.227 e. The van der Waals surface area contributed by atoms with E-state index >= 15 is 0 Å². The number of hydrogen-bond acceptors (Lipinski definition) is 3. The third-order valence-corrected chi connectivity index (χ3v) is 6.36. The number of aromatic nitrogens is 2. The third-order valence-electron chi connectivity index (χ3n) is 6.36. The van der Waals surface area contributed by atoms with Gasteiger partial charge in [0.15, 0.2) is 0 Å². The first-order valence-electron chi connectivity index (χ1n) is 11.3. The molecule has 162 valence electrons. The molecule has 1 atom stereocenters. The van der Waals surface area contributed by atoms with E-state index in [9.17, 15) is 4.79 Å². The molecule has 0 radical (unpaired) electrons. The largest absolute Gasteiger partial charge is 0.356 e. The van der Waals surface area contributed by atoms with Crippen molar-refractivity contribution in [2.75, 3.05) is 19.6 Å². The summed E-state index contributed by atoms with van der Waals surface area (Å²) in [5, 5.41) is 3.10. The van der Waals surface area contributed by atoms with Crippen molar-refractivity contribution in [1.82, 2.24) is 19.8 Å². The van der Waals surface area contributed by atoms with Gasteiger partial charge in [-0.1, -0.05) is 54.6 Å². The zero-order valence-electron chi connectivity index (χ0n) is 18.6. The molecule has 2 aromatic carbocycles. The summed E-state index contributed by atoms with van der Waals surface area (Å²) in [6.07, 6.45) is 5.51. The molecule has 1 saturated heterocycles. The van der Waals surface area contributed by atoms with Crippen LogP contribution in [0.3, 0.4) is 0 Å². The van der Waals surface area contributed by atoms with E-state index in [0.29, 0.717) is 6.54 Å². The van der Waals surface area contributed by atoms with Crippen molar-refractivity contribution in [3.63, 3.8) is 0 Å². The molecule has 1 aromatic heterocycles. The zero-order valence-corrected chi connectivity index (χ0v) is 18.6. The Hall–Kier alpha value is -2.92. The van der Waals surface area contributed by atoms with E-state index in [2.05, 4.69) is 75.2 Å². The molecular formula is C26H32N4O. The highest BCUT2D eigenvalue weighted by molar-refractivity contribution is 5.83. The van der Waals surface area contributed by atoms with Crippen LogP contribution < -0.4 is 5.32 Å². The Kier molecular flexibility index (Phi) is 6.52. The molecule has 0 saturated carbocycles. The first-order valence-corrected chi connectivity index (χ1v) is 11.3. The molecule has 2 heterocycles. The minimum Gasteiger partial charge on any atom is -0.356 e. The molecule has 1 aliphatic heterocycles. The predicted molar refractivity (Wildman–Crippen MR) is 124 cm³/mol. The summed E-state index contributed by atoms with van der Waals surface area (Å²) in [6, 6.07) is 19.1. The average molecular weight is 417 g/mol. The van der Waals surface area contributed by atoms with Gasteiger partial charge in [-0.2, -0.15) is 0 Å². The number of imidazole rings is 1. The molecule has 31 heavy (non-hydrogen) atoms. The van der Waals surface area contributed by atoms with Gasteiger partial charge in [0.2, 0.25) is 5.91 Å². The van der Waals surface area contributed by atoms with Gasteiger partial charge >= 0.3 is 0 Å². The number of nitrogens with zero attached hydrogens (tertiary/aromatic N) is 3. The Labute approximate surface area is 185 Å². The minimum absolute atomic E-state index is 0.170. The second-order valence-corrected chi connectivity index (χ2v) is 8.47. The Morgan fingerprint density at radius 1 is 1.06 bits per heavy atom. The normalized spacial score (nSPS) is 18.9. The van der Waals surface area contributed by atoms with Gasteiger partial charge in [-0.3, -0.25) is 9.69 Å². The molecular weight excluding hydrogens is 384 g/mol. The van der Waals surface area contributed by atoms with Crippen molar-refractivity contribution in [2.45, 2.75) is 39.8 Å². The Balaban J connectivity index is 1.51. The number of hydrogen-bond donors (Lipinski definition) is 1. The fourth-order valence-electron chi connectivity index (χ4n) is 4.67. The van der Waals surface area contributed by atoms with E-state index in [-0.39, 0.29) is 5.91 Å². The molecule has 1 amide bonds. The number of benzene rings is 2. The lowest BCUT2D eigenvalue weighted by Crippen LogP contribution is -2.44. The fraction of sp³-hybridized carbons (Fsp3) is 0.385. The summed E-state index contributed by atoms with van der Waals surface area (Å²) >= 11 is 0. The van der Waals surface area contributed by atoms with Crippen molar-refractivity contribution in [1.29, 1.82) is 0 Å². The highest BCUT2D eigenvalue weighted by Crippen LogP contribution is 2.36. The molecule has 1 aliphatic rings. The summed E-state index contributed by atoms with van der Waals surface area (Å²) < 4.78 is 2.18. The second kappa shape index (κ2) is 9.48. The van der Waals surface area contributed by atoms with Gasteiger partial charge in [0.05, 0.1) is 12.0 Å².